The summed E-state index contributed by atoms with van der Waals surface area (Å²) in [6.45, 7) is 3.57. The maximum absolute atomic E-state index is 11.5. The van der Waals surface area contributed by atoms with E-state index in [9.17, 15) is 14.4 Å². The summed E-state index contributed by atoms with van der Waals surface area (Å²) >= 11 is 0. The van der Waals surface area contributed by atoms with Gasteiger partial charge in [0.25, 0.3) is 0 Å². The van der Waals surface area contributed by atoms with Crippen molar-refractivity contribution in [3.05, 3.63) is 0 Å². The lowest BCUT2D eigenvalue weighted by molar-refractivity contribution is -0.149. The lowest BCUT2D eigenvalue weighted by Gasteiger charge is -2.29. The van der Waals surface area contributed by atoms with E-state index >= 15 is 0 Å². The lowest BCUT2D eigenvalue weighted by Crippen LogP contribution is -2.44. The highest BCUT2D eigenvalue weighted by Gasteiger charge is 2.26. The van der Waals surface area contributed by atoms with Crippen molar-refractivity contribution in [1.82, 2.24) is 10.2 Å². The molecule has 0 aromatic heterocycles. The number of alkyl carbamates (subject to hydrolysis) is 1. The van der Waals surface area contributed by atoms with Gasteiger partial charge in [-0.15, -0.1) is 0 Å². The maximum atomic E-state index is 11.5. The fourth-order valence-electron chi connectivity index (χ4n) is 1.99. The summed E-state index contributed by atoms with van der Waals surface area (Å²) in [5.74, 6) is -0.650. The van der Waals surface area contributed by atoms with E-state index in [4.69, 9.17) is 4.74 Å². The maximum Gasteiger partial charge on any atom is 0.413 e. The van der Waals surface area contributed by atoms with Crippen LogP contribution in [0.1, 0.15) is 19.8 Å². The van der Waals surface area contributed by atoms with Crippen LogP contribution in [0.3, 0.4) is 0 Å². The van der Waals surface area contributed by atoms with Gasteiger partial charge in [-0.3, -0.25) is 19.8 Å². The Bertz CT molecular complexity index is 337. The van der Waals surface area contributed by atoms with Gasteiger partial charge in [0.15, 0.2) is 0 Å². The van der Waals surface area contributed by atoms with Crippen molar-refractivity contribution in [3.8, 4) is 0 Å². The standard InChI is InChI=1S/C12H20N2O5/c1-3-19-11(16)9-4-6-14(7-5-9)8-10(15)13-12(17)18-2/h9H,3-8H2,1-2H3,(H,13,15,17). The minimum absolute atomic E-state index is 0.0835. The quantitative estimate of drug-likeness (QED) is 0.733. The molecule has 0 aromatic rings. The second kappa shape index (κ2) is 7.73. The van der Waals surface area contributed by atoms with Crippen LogP contribution in [0, 0.1) is 5.92 Å². The van der Waals surface area contributed by atoms with Crippen molar-refractivity contribution in [2.24, 2.45) is 5.92 Å². The van der Waals surface area contributed by atoms with E-state index in [-0.39, 0.29) is 18.4 Å². The molecule has 0 bridgehead atoms. The molecule has 0 spiro atoms. The first-order chi connectivity index (χ1) is 9.06. The van der Waals surface area contributed by atoms with Gasteiger partial charge in [-0.05, 0) is 32.9 Å². The van der Waals surface area contributed by atoms with Crippen molar-refractivity contribution in [2.75, 3.05) is 33.4 Å². The number of carbonyl (C=O) groups excluding carboxylic acids is 3. The average molecular weight is 272 g/mol. The zero-order valence-corrected chi connectivity index (χ0v) is 11.3. The highest BCUT2D eigenvalue weighted by Crippen LogP contribution is 2.18. The van der Waals surface area contributed by atoms with Gasteiger partial charge in [0.1, 0.15) is 0 Å². The molecule has 0 aromatic carbocycles. The number of likely N-dealkylation sites (tertiary alicyclic amines) is 1. The van der Waals surface area contributed by atoms with E-state index < -0.39 is 12.0 Å². The van der Waals surface area contributed by atoms with Gasteiger partial charge in [0.05, 0.1) is 26.2 Å². The molecule has 7 heteroatoms. The predicted molar refractivity (Wildman–Crippen MR) is 66.3 cm³/mol. The Balaban J connectivity index is 2.28. The third-order valence-electron chi connectivity index (χ3n) is 3.00. The molecule has 0 aliphatic carbocycles. The van der Waals surface area contributed by atoms with Crippen LogP contribution in [-0.2, 0) is 19.1 Å². The Morgan fingerprint density at radius 3 is 2.42 bits per heavy atom. The molecule has 1 heterocycles. The molecule has 1 aliphatic rings. The van der Waals surface area contributed by atoms with E-state index in [1.807, 2.05) is 4.90 Å². The molecule has 108 valence electrons. The molecule has 7 nitrogen and oxygen atoms in total. The van der Waals surface area contributed by atoms with E-state index in [2.05, 4.69) is 10.1 Å². The summed E-state index contributed by atoms with van der Waals surface area (Å²) in [7, 11) is 1.20. The molecular weight excluding hydrogens is 252 g/mol. The number of piperidine rings is 1. The minimum atomic E-state index is -0.758. The zero-order chi connectivity index (χ0) is 14.3. The lowest BCUT2D eigenvalue weighted by atomic mass is 9.97. The molecule has 0 radical (unpaired) electrons. The molecule has 2 amide bonds. The molecule has 0 saturated carbocycles. The Morgan fingerprint density at radius 2 is 1.89 bits per heavy atom. The highest BCUT2D eigenvalue weighted by atomic mass is 16.5. The second-order valence-electron chi connectivity index (χ2n) is 4.34. The molecule has 0 unspecified atom stereocenters. The van der Waals surface area contributed by atoms with Crippen LogP contribution in [0.5, 0.6) is 0 Å². The summed E-state index contributed by atoms with van der Waals surface area (Å²) < 4.78 is 9.30. The first-order valence-electron chi connectivity index (χ1n) is 6.33. The number of amides is 2. The molecule has 1 rings (SSSR count). The number of imide groups is 1. The number of hydrogen-bond donors (Lipinski definition) is 1. The van der Waals surface area contributed by atoms with Crippen molar-refractivity contribution >= 4 is 18.0 Å². The average Bonchev–Trinajstić information content (AvgIpc) is 2.39. The topological polar surface area (TPSA) is 84.9 Å². The fraction of sp³-hybridized carbons (Fsp3) is 0.750. The third-order valence-corrected chi connectivity index (χ3v) is 3.00. The number of rotatable bonds is 4. The van der Waals surface area contributed by atoms with Gasteiger partial charge < -0.3 is 9.47 Å². The number of nitrogens with zero attached hydrogens (tertiary/aromatic N) is 1. The van der Waals surface area contributed by atoms with Crippen LogP contribution >= 0.6 is 0 Å². The number of carbonyl (C=O) groups is 3. The molecular formula is C12H20N2O5. The van der Waals surface area contributed by atoms with Crippen LogP contribution < -0.4 is 5.32 Å². The smallest absolute Gasteiger partial charge is 0.413 e. The first kappa shape index (κ1) is 15.4. The Labute approximate surface area is 112 Å². The van der Waals surface area contributed by atoms with Crippen LogP contribution in [-0.4, -0.2) is 56.2 Å². The van der Waals surface area contributed by atoms with Crippen LogP contribution in [0.2, 0.25) is 0 Å². The van der Waals surface area contributed by atoms with E-state index in [1.54, 1.807) is 6.92 Å². The van der Waals surface area contributed by atoms with Crippen LogP contribution in [0.25, 0.3) is 0 Å². The number of nitrogens with one attached hydrogen (secondary N) is 1. The summed E-state index contributed by atoms with van der Waals surface area (Å²) in [4.78, 5) is 35.7. The van der Waals surface area contributed by atoms with Gasteiger partial charge >= 0.3 is 12.1 Å². The summed E-state index contributed by atoms with van der Waals surface area (Å²) in [5.41, 5.74) is 0. The second-order valence-corrected chi connectivity index (χ2v) is 4.34. The van der Waals surface area contributed by atoms with Crippen molar-refractivity contribution in [3.63, 3.8) is 0 Å². The van der Waals surface area contributed by atoms with Crippen molar-refractivity contribution < 1.29 is 23.9 Å². The van der Waals surface area contributed by atoms with Crippen molar-refractivity contribution in [1.29, 1.82) is 0 Å². The Morgan fingerprint density at radius 1 is 1.26 bits per heavy atom. The Kier molecular flexibility index (Phi) is 6.27. The fourth-order valence-corrected chi connectivity index (χ4v) is 1.99. The van der Waals surface area contributed by atoms with E-state index in [0.29, 0.717) is 32.5 Å². The van der Waals surface area contributed by atoms with Gasteiger partial charge in [0, 0.05) is 0 Å². The normalized spacial score (nSPS) is 16.7. The van der Waals surface area contributed by atoms with Gasteiger partial charge in [-0.1, -0.05) is 0 Å². The molecule has 0 atom stereocenters. The number of ether oxygens (including phenoxy) is 2. The van der Waals surface area contributed by atoms with Crippen molar-refractivity contribution in [2.45, 2.75) is 19.8 Å². The summed E-state index contributed by atoms with van der Waals surface area (Å²) in [6, 6.07) is 0. The van der Waals surface area contributed by atoms with Gasteiger partial charge in [-0.2, -0.15) is 0 Å². The molecule has 19 heavy (non-hydrogen) atoms. The number of methoxy groups -OCH3 is 1. The zero-order valence-electron chi connectivity index (χ0n) is 11.3. The van der Waals surface area contributed by atoms with Crippen LogP contribution in [0.4, 0.5) is 4.79 Å². The third kappa shape index (κ3) is 5.25. The van der Waals surface area contributed by atoms with E-state index in [1.165, 1.54) is 7.11 Å². The van der Waals surface area contributed by atoms with Gasteiger partial charge in [-0.25, -0.2) is 4.79 Å². The monoisotopic (exact) mass is 272 g/mol. The predicted octanol–water partition coefficient (Wildman–Crippen LogP) is 0.144. The summed E-state index contributed by atoms with van der Waals surface area (Å²) in [5, 5.41) is 2.10. The molecule has 1 N–H and O–H groups in total. The molecule has 1 fully saturated rings. The number of hydrogen-bond acceptors (Lipinski definition) is 6. The molecule has 1 aliphatic heterocycles. The van der Waals surface area contributed by atoms with E-state index in [0.717, 1.165) is 0 Å². The minimum Gasteiger partial charge on any atom is -0.466 e. The summed E-state index contributed by atoms with van der Waals surface area (Å²) in [6.07, 6.45) is 0.584. The van der Waals surface area contributed by atoms with Crippen LogP contribution in [0.15, 0.2) is 0 Å². The largest absolute Gasteiger partial charge is 0.466 e. The molecule has 1 saturated heterocycles. The number of esters is 1. The van der Waals surface area contributed by atoms with Gasteiger partial charge in [0.2, 0.25) is 5.91 Å². The first-order valence-corrected chi connectivity index (χ1v) is 6.33. The SMILES string of the molecule is CCOC(=O)C1CCN(CC(=O)NC(=O)OC)CC1. The highest BCUT2D eigenvalue weighted by molar-refractivity contribution is 5.92. The Hall–Kier alpha value is -1.63.